The summed E-state index contributed by atoms with van der Waals surface area (Å²) in [5, 5.41) is 12.4. The number of rotatable bonds is 5. The van der Waals surface area contributed by atoms with Gasteiger partial charge in [-0.25, -0.2) is 0 Å². The van der Waals surface area contributed by atoms with Crippen molar-refractivity contribution < 1.29 is 0 Å². The molecular formula is C14H18N2. The molecule has 1 atom stereocenters. The molecule has 1 aliphatic rings. The van der Waals surface area contributed by atoms with Crippen LogP contribution in [0.25, 0.3) is 0 Å². The molecule has 1 fully saturated rings. The van der Waals surface area contributed by atoms with E-state index in [1.165, 1.54) is 18.4 Å². The molecule has 84 valence electrons. The summed E-state index contributed by atoms with van der Waals surface area (Å²) >= 11 is 0. The summed E-state index contributed by atoms with van der Waals surface area (Å²) in [5.41, 5.74) is 1.70. The van der Waals surface area contributed by atoms with Crippen LogP contribution in [0, 0.1) is 16.7 Å². The lowest BCUT2D eigenvalue weighted by atomic mass is 10.0. The van der Waals surface area contributed by atoms with Crippen LogP contribution in [-0.4, -0.2) is 6.54 Å². The first-order valence-electron chi connectivity index (χ1n) is 5.89. The first-order chi connectivity index (χ1) is 7.73. The third kappa shape index (κ3) is 2.84. The van der Waals surface area contributed by atoms with Crippen LogP contribution in [0.4, 0.5) is 0 Å². The van der Waals surface area contributed by atoms with Gasteiger partial charge in [0.25, 0.3) is 0 Å². The summed E-state index contributed by atoms with van der Waals surface area (Å²) in [6.45, 7) is 3.32. The second kappa shape index (κ2) is 4.67. The number of nitrogens with one attached hydrogen (secondary N) is 1. The number of benzene rings is 1. The minimum absolute atomic E-state index is 0.184. The Balaban J connectivity index is 1.97. The summed E-state index contributed by atoms with van der Waals surface area (Å²) in [6.07, 6.45) is 3.17. The molecule has 0 heterocycles. The van der Waals surface area contributed by atoms with Gasteiger partial charge in [-0.3, -0.25) is 0 Å². The van der Waals surface area contributed by atoms with Gasteiger partial charge in [-0.15, -0.1) is 0 Å². The van der Waals surface area contributed by atoms with Crippen LogP contribution < -0.4 is 5.32 Å². The highest BCUT2D eigenvalue weighted by atomic mass is 14.9. The fourth-order valence-electron chi connectivity index (χ4n) is 1.84. The Labute approximate surface area is 97.3 Å². The van der Waals surface area contributed by atoms with Gasteiger partial charge in [-0.05, 0) is 23.8 Å². The van der Waals surface area contributed by atoms with Crippen molar-refractivity contribution in [2.75, 3.05) is 6.54 Å². The monoisotopic (exact) mass is 214 g/mol. The van der Waals surface area contributed by atoms with Gasteiger partial charge in [0.1, 0.15) is 0 Å². The zero-order valence-corrected chi connectivity index (χ0v) is 9.74. The van der Waals surface area contributed by atoms with Crippen molar-refractivity contribution in [1.29, 1.82) is 5.26 Å². The van der Waals surface area contributed by atoms with Crippen molar-refractivity contribution in [3.05, 3.63) is 35.9 Å². The zero-order chi connectivity index (χ0) is 11.4. The highest BCUT2D eigenvalue weighted by Gasteiger charge is 2.37. The van der Waals surface area contributed by atoms with Crippen molar-refractivity contribution in [2.45, 2.75) is 32.2 Å². The Morgan fingerprint density at radius 3 is 2.62 bits per heavy atom. The highest BCUT2D eigenvalue weighted by Crippen LogP contribution is 2.44. The van der Waals surface area contributed by atoms with E-state index in [1.807, 2.05) is 18.2 Å². The van der Waals surface area contributed by atoms with E-state index in [0.717, 1.165) is 6.54 Å². The molecule has 0 bridgehead atoms. The van der Waals surface area contributed by atoms with E-state index >= 15 is 0 Å². The van der Waals surface area contributed by atoms with Crippen LogP contribution in [-0.2, 0) is 0 Å². The van der Waals surface area contributed by atoms with Gasteiger partial charge in [-0.2, -0.15) is 5.26 Å². The lowest BCUT2D eigenvalue weighted by Crippen LogP contribution is -2.26. The normalized spacial score (nSPS) is 18.8. The molecule has 0 spiro atoms. The van der Waals surface area contributed by atoms with Crippen molar-refractivity contribution in [3.8, 4) is 6.07 Å². The minimum Gasteiger partial charge on any atom is -0.309 e. The lowest BCUT2D eigenvalue weighted by Gasteiger charge is -2.19. The van der Waals surface area contributed by atoms with Gasteiger partial charge in [-0.1, -0.05) is 37.3 Å². The Kier molecular flexibility index (Phi) is 3.26. The summed E-state index contributed by atoms with van der Waals surface area (Å²) in [6, 6.07) is 12.7. The molecule has 2 nitrogen and oxygen atoms in total. The van der Waals surface area contributed by atoms with E-state index in [4.69, 9.17) is 5.26 Å². The molecule has 1 unspecified atom stereocenters. The van der Waals surface area contributed by atoms with E-state index < -0.39 is 0 Å². The summed E-state index contributed by atoms with van der Waals surface area (Å²) < 4.78 is 0. The number of hydrogen-bond acceptors (Lipinski definition) is 2. The average molecular weight is 214 g/mol. The SMILES string of the molecule is CC1(CNC(CC#N)c2ccccc2)CC1. The Bertz CT molecular complexity index is 373. The van der Waals surface area contributed by atoms with E-state index in [-0.39, 0.29) is 6.04 Å². The third-order valence-corrected chi connectivity index (χ3v) is 3.38. The Morgan fingerprint density at radius 2 is 2.06 bits per heavy atom. The third-order valence-electron chi connectivity index (χ3n) is 3.38. The number of nitriles is 1. The molecule has 0 saturated heterocycles. The largest absolute Gasteiger partial charge is 0.309 e. The van der Waals surface area contributed by atoms with Crippen LogP contribution in [0.3, 0.4) is 0 Å². The lowest BCUT2D eigenvalue weighted by molar-refractivity contribution is 0.444. The molecule has 1 N–H and O–H groups in total. The van der Waals surface area contributed by atoms with Gasteiger partial charge in [0.2, 0.25) is 0 Å². The summed E-state index contributed by atoms with van der Waals surface area (Å²) in [4.78, 5) is 0. The average Bonchev–Trinajstić information content (AvgIpc) is 3.04. The fourth-order valence-corrected chi connectivity index (χ4v) is 1.84. The van der Waals surface area contributed by atoms with Gasteiger partial charge in [0, 0.05) is 12.6 Å². The zero-order valence-electron chi connectivity index (χ0n) is 9.74. The predicted molar refractivity (Wildman–Crippen MR) is 64.8 cm³/mol. The van der Waals surface area contributed by atoms with Gasteiger partial charge >= 0.3 is 0 Å². The predicted octanol–water partition coefficient (Wildman–Crippen LogP) is 3.03. The molecule has 16 heavy (non-hydrogen) atoms. The number of nitrogens with zero attached hydrogens (tertiary/aromatic N) is 1. The molecule has 1 saturated carbocycles. The highest BCUT2D eigenvalue weighted by molar-refractivity contribution is 5.20. The standard InChI is InChI=1S/C14H18N2/c1-14(8-9-14)11-16-13(7-10-15)12-5-3-2-4-6-12/h2-6,13,16H,7-9,11H2,1H3. The molecule has 1 aromatic rings. The van der Waals surface area contributed by atoms with Crippen molar-refractivity contribution in [1.82, 2.24) is 5.32 Å². The number of hydrogen-bond donors (Lipinski definition) is 1. The first kappa shape index (κ1) is 11.2. The topological polar surface area (TPSA) is 35.8 Å². The molecule has 0 amide bonds. The second-order valence-corrected chi connectivity index (χ2v) is 5.02. The fraction of sp³-hybridized carbons (Fsp3) is 0.500. The van der Waals surface area contributed by atoms with Crippen molar-refractivity contribution in [3.63, 3.8) is 0 Å². The van der Waals surface area contributed by atoms with Crippen LogP contribution in [0.15, 0.2) is 30.3 Å². The van der Waals surface area contributed by atoms with Gasteiger partial charge in [0.05, 0.1) is 12.5 Å². The smallest absolute Gasteiger partial charge is 0.0641 e. The Morgan fingerprint density at radius 1 is 1.38 bits per heavy atom. The van der Waals surface area contributed by atoms with Crippen molar-refractivity contribution in [2.24, 2.45) is 5.41 Å². The van der Waals surface area contributed by atoms with E-state index in [1.54, 1.807) is 0 Å². The molecule has 0 radical (unpaired) electrons. The van der Waals surface area contributed by atoms with Crippen LogP contribution in [0.2, 0.25) is 0 Å². The molecule has 0 aromatic heterocycles. The van der Waals surface area contributed by atoms with Crippen molar-refractivity contribution >= 4 is 0 Å². The molecule has 1 aliphatic carbocycles. The minimum atomic E-state index is 0.184. The summed E-state index contributed by atoms with van der Waals surface area (Å²) in [7, 11) is 0. The maximum atomic E-state index is 8.85. The first-order valence-corrected chi connectivity index (χ1v) is 5.89. The quantitative estimate of drug-likeness (QED) is 0.817. The van der Waals surface area contributed by atoms with Crippen LogP contribution in [0.5, 0.6) is 0 Å². The maximum absolute atomic E-state index is 8.85. The van der Waals surface area contributed by atoms with Crippen LogP contribution in [0.1, 0.15) is 37.8 Å². The molecule has 2 heteroatoms. The van der Waals surface area contributed by atoms with E-state index in [0.29, 0.717) is 11.8 Å². The Hall–Kier alpha value is -1.33. The molecule has 2 rings (SSSR count). The molecular weight excluding hydrogens is 196 g/mol. The van der Waals surface area contributed by atoms with E-state index in [2.05, 4.69) is 30.4 Å². The van der Waals surface area contributed by atoms with Gasteiger partial charge in [0.15, 0.2) is 0 Å². The molecule has 0 aliphatic heterocycles. The van der Waals surface area contributed by atoms with Gasteiger partial charge < -0.3 is 5.32 Å². The molecule has 1 aromatic carbocycles. The van der Waals surface area contributed by atoms with Crippen LogP contribution >= 0.6 is 0 Å². The second-order valence-electron chi connectivity index (χ2n) is 5.02. The van der Waals surface area contributed by atoms with E-state index in [9.17, 15) is 0 Å². The summed E-state index contributed by atoms with van der Waals surface area (Å²) in [5.74, 6) is 0. The maximum Gasteiger partial charge on any atom is 0.0641 e.